The number of carbonyl (C=O) groups is 2. The van der Waals surface area contributed by atoms with Crippen LogP contribution in [0.5, 0.6) is 0 Å². The van der Waals surface area contributed by atoms with Gasteiger partial charge in [0.15, 0.2) is 11.6 Å². The summed E-state index contributed by atoms with van der Waals surface area (Å²) in [4.78, 5) is 27.6. The zero-order chi connectivity index (χ0) is 24.2. The smallest absolute Gasteiger partial charge is 0.320 e. The molecular formula is C22H20F3N5O4. The van der Waals surface area contributed by atoms with Crippen LogP contribution in [0.4, 0.5) is 30.6 Å². The predicted octanol–water partition coefficient (Wildman–Crippen LogP) is 4.63. The van der Waals surface area contributed by atoms with Crippen LogP contribution >= 0.6 is 0 Å². The molecule has 1 aliphatic rings. The van der Waals surface area contributed by atoms with E-state index in [0.29, 0.717) is 17.8 Å². The maximum Gasteiger partial charge on any atom is 0.320 e. The summed E-state index contributed by atoms with van der Waals surface area (Å²) < 4.78 is 45.2. The molecule has 0 spiro atoms. The summed E-state index contributed by atoms with van der Waals surface area (Å²) >= 11 is 0. The molecule has 3 N–H and O–H groups in total. The maximum absolute atomic E-state index is 13.7. The van der Waals surface area contributed by atoms with Crippen molar-refractivity contribution < 1.29 is 32.3 Å². The van der Waals surface area contributed by atoms with Crippen molar-refractivity contribution >= 4 is 29.3 Å². The van der Waals surface area contributed by atoms with Gasteiger partial charge in [0.1, 0.15) is 5.82 Å². The average molecular weight is 475 g/mol. The third-order valence-corrected chi connectivity index (χ3v) is 5.64. The van der Waals surface area contributed by atoms with Crippen molar-refractivity contribution in [2.75, 3.05) is 10.6 Å². The van der Waals surface area contributed by atoms with E-state index in [-0.39, 0.29) is 24.3 Å². The van der Waals surface area contributed by atoms with Gasteiger partial charge < -0.3 is 20.2 Å². The van der Waals surface area contributed by atoms with Gasteiger partial charge in [0.2, 0.25) is 0 Å². The van der Waals surface area contributed by atoms with Crippen molar-refractivity contribution in [1.29, 1.82) is 0 Å². The third kappa shape index (κ3) is 5.50. The summed E-state index contributed by atoms with van der Waals surface area (Å²) in [6.45, 7) is 0. The number of rotatable bonds is 7. The molecule has 12 heteroatoms. The van der Waals surface area contributed by atoms with Gasteiger partial charge in [-0.2, -0.15) is 0 Å². The van der Waals surface area contributed by atoms with Crippen molar-refractivity contribution in [3.05, 3.63) is 59.5 Å². The standard InChI is InChI=1S/C22H20F3N5O4/c23-14-8-16(25)18(9-15(14)24)28-22-30-29-21(34-22)20(33)27-13-5-6-17(26-10-13)12-3-1-11(2-4-12)7-19(31)32/h5-6,8-12H,1-4,7H2,(H,27,33)(H,28,30)(H,31,32). The average Bonchev–Trinajstić information content (AvgIpc) is 3.27. The molecule has 0 saturated heterocycles. The number of halogens is 3. The number of hydrogen-bond acceptors (Lipinski definition) is 7. The minimum Gasteiger partial charge on any atom is -0.481 e. The minimum atomic E-state index is -1.35. The molecule has 0 aliphatic heterocycles. The molecule has 1 saturated carbocycles. The van der Waals surface area contributed by atoms with E-state index in [9.17, 15) is 22.8 Å². The van der Waals surface area contributed by atoms with Crippen LogP contribution in [0.3, 0.4) is 0 Å². The second-order valence-corrected chi connectivity index (χ2v) is 8.02. The van der Waals surface area contributed by atoms with Crippen LogP contribution in [-0.4, -0.2) is 32.2 Å². The molecule has 2 heterocycles. The first-order valence-electron chi connectivity index (χ1n) is 10.5. The molecule has 178 valence electrons. The van der Waals surface area contributed by atoms with Crippen LogP contribution in [0.1, 0.15) is 54.4 Å². The van der Waals surface area contributed by atoms with Gasteiger partial charge in [0.05, 0.1) is 17.6 Å². The van der Waals surface area contributed by atoms with Crippen LogP contribution in [0.25, 0.3) is 0 Å². The number of hydrogen-bond donors (Lipinski definition) is 3. The fourth-order valence-corrected chi connectivity index (χ4v) is 3.91. The number of carbonyl (C=O) groups excluding carboxylic acids is 1. The Morgan fingerprint density at radius 1 is 1.03 bits per heavy atom. The molecule has 1 aromatic carbocycles. The summed E-state index contributed by atoms with van der Waals surface area (Å²) in [5.41, 5.74) is 0.809. The van der Waals surface area contributed by atoms with E-state index in [1.165, 1.54) is 6.20 Å². The van der Waals surface area contributed by atoms with Gasteiger partial charge in [-0.25, -0.2) is 13.2 Å². The Morgan fingerprint density at radius 3 is 2.44 bits per heavy atom. The van der Waals surface area contributed by atoms with Gasteiger partial charge in [-0.1, -0.05) is 5.10 Å². The van der Waals surface area contributed by atoms with Crippen LogP contribution in [-0.2, 0) is 4.79 Å². The monoisotopic (exact) mass is 475 g/mol. The van der Waals surface area contributed by atoms with Gasteiger partial charge in [-0.15, -0.1) is 5.10 Å². The zero-order valence-electron chi connectivity index (χ0n) is 17.7. The fourth-order valence-electron chi connectivity index (χ4n) is 3.91. The largest absolute Gasteiger partial charge is 0.481 e. The van der Waals surface area contributed by atoms with E-state index in [1.54, 1.807) is 12.1 Å². The molecule has 1 fully saturated rings. The van der Waals surface area contributed by atoms with E-state index in [2.05, 4.69) is 25.8 Å². The Labute approximate surface area is 191 Å². The van der Waals surface area contributed by atoms with Gasteiger partial charge in [-0.05, 0) is 43.7 Å². The summed E-state index contributed by atoms with van der Waals surface area (Å²) in [5, 5.41) is 20.9. The number of carboxylic acid groups (broad SMARTS) is 1. The molecule has 3 aromatic rings. The van der Waals surface area contributed by atoms with Crippen LogP contribution in [0.15, 0.2) is 34.9 Å². The highest BCUT2D eigenvalue weighted by molar-refractivity contribution is 6.00. The topological polar surface area (TPSA) is 130 Å². The van der Waals surface area contributed by atoms with Gasteiger partial charge >= 0.3 is 23.8 Å². The van der Waals surface area contributed by atoms with Crippen LogP contribution < -0.4 is 10.6 Å². The van der Waals surface area contributed by atoms with Crippen molar-refractivity contribution in [2.24, 2.45) is 5.92 Å². The lowest BCUT2D eigenvalue weighted by atomic mass is 9.79. The van der Waals surface area contributed by atoms with E-state index >= 15 is 0 Å². The lowest BCUT2D eigenvalue weighted by Crippen LogP contribution is -2.17. The number of aliphatic carboxylic acids is 1. The second-order valence-electron chi connectivity index (χ2n) is 8.02. The zero-order valence-corrected chi connectivity index (χ0v) is 17.7. The number of carboxylic acids is 1. The highest BCUT2D eigenvalue weighted by Crippen LogP contribution is 2.36. The molecule has 4 rings (SSSR count). The van der Waals surface area contributed by atoms with Crippen molar-refractivity contribution in [3.8, 4) is 0 Å². The van der Waals surface area contributed by atoms with E-state index < -0.39 is 40.9 Å². The first-order valence-corrected chi connectivity index (χ1v) is 10.5. The summed E-state index contributed by atoms with van der Waals surface area (Å²) in [6.07, 6.45) is 5.05. The summed E-state index contributed by atoms with van der Waals surface area (Å²) in [6, 6.07) is 4.03. The highest BCUT2D eigenvalue weighted by atomic mass is 19.2. The Kier molecular flexibility index (Phi) is 6.75. The first-order chi connectivity index (χ1) is 16.3. The minimum absolute atomic E-state index is 0.188. The van der Waals surface area contributed by atoms with Gasteiger partial charge in [0, 0.05) is 30.2 Å². The number of anilines is 3. The SMILES string of the molecule is O=C(O)CC1CCC(c2ccc(NC(=O)c3nnc(Nc4cc(F)c(F)cc4F)o3)cn2)CC1. The Balaban J connectivity index is 1.33. The number of benzene rings is 1. The summed E-state index contributed by atoms with van der Waals surface area (Å²) in [7, 11) is 0. The molecule has 1 amide bonds. The van der Waals surface area contributed by atoms with Crippen molar-refractivity contribution in [2.45, 2.75) is 38.0 Å². The normalized spacial score (nSPS) is 17.9. The first kappa shape index (κ1) is 23.2. The second kappa shape index (κ2) is 9.89. The van der Waals surface area contributed by atoms with Gasteiger partial charge in [-0.3, -0.25) is 14.6 Å². The molecule has 0 radical (unpaired) electrons. The van der Waals surface area contributed by atoms with E-state index in [0.717, 1.165) is 31.4 Å². The van der Waals surface area contributed by atoms with E-state index in [1.807, 2.05) is 0 Å². The maximum atomic E-state index is 13.7. The molecule has 0 atom stereocenters. The molecule has 0 bridgehead atoms. The van der Waals surface area contributed by atoms with Crippen molar-refractivity contribution in [1.82, 2.24) is 15.2 Å². The fraction of sp³-hybridized carbons (Fsp3) is 0.318. The Hall–Kier alpha value is -3.96. The quantitative estimate of drug-likeness (QED) is 0.422. The Morgan fingerprint density at radius 2 is 1.76 bits per heavy atom. The molecule has 1 aliphatic carbocycles. The number of pyridine rings is 1. The number of nitrogens with one attached hydrogen (secondary N) is 2. The van der Waals surface area contributed by atoms with Crippen molar-refractivity contribution in [3.63, 3.8) is 0 Å². The molecular weight excluding hydrogens is 455 g/mol. The number of amides is 1. The lowest BCUT2D eigenvalue weighted by molar-refractivity contribution is -0.138. The molecule has 9 nitrogen and oxygen atoms in total. The van der Waals surface area contributed by atoms with Crippen LogP contribution in [0, 0.1) is 23.4 Å². The molecule has 34 heavy (non-hydrogen) atoms. The van der Waals surface area contributed by atoms with E-state index in [4.69, 9.17) is 9.52 Å². The molecule has 2 aromatic heterocycles. The summed E-state index contributed by atoms with van der Waals surface area (Å²) in [5.74, 6) is -5.23. The van der Waals surface area contributed by atoms with Crippen LogP contribution in [0.2, 0.25) is 0 Å². The number of aromatic nitrogens is 3. The Bertz CT molecular complexity index is 1190. The van der Waals surface area contributed by atoms with Gasteiger partial charge in [0.25, 0.3) is 0 Å². The lowest BCUT2D eigenvalue weighted by Gasteiger charge is -2.27. The predicted molar refractivity (Wildman–Crippen MR) is 113 cm³/mol. The molecule has 0 unspecified atom stereocenters. The highest BCUT2D eigenvalue weighted by Gasteiger charge is 2.25. The number of nitrogens with zero attached hydrogens (tertiary/aromatic N) is 3. The third-order valence-electron chi connectivity index (χ3n) is 5.64.